The Hall–Kier alpha value is -1.96. The third kappa shape index (κ3) is 5.31. The van der Waals surface area contributed by atoms with E-state index in [0.29, 0.717) is 17.1 Å². The fourth-order valence-electron chi connectivity index (χ4n) is 3.37. The van der Waals surface area contributed by atoms with Gasteiger partial charge in [0.1, 0.15) is 5.75 Å². The molecule has 154 valence electrons. The van der Waals surface area contributed by atoms with E-state index >= 15 is 0 Å². The van der Waals surface area contributed by atoms with Crippen LogP contribution < -0.4 is 20.9 Å². The highest BCUT2D eigenvalue weighted by atomic mass is 35.5. The van der Waals surface area contributed by atoms with Gasteiger partial charge in [0, 0.05) is 55.6 Å². The Morgan fingerprint density at radius 1 is 1.14 bits per heavy atom. The molecule has 0 radical (unpaired) electrons. The lowest BCUT2D eigenvalue weighted by Crippen LogP contribution is -2.47. The molecule has 2 aromatic rings. The van der Waals surface area contributed by atoms with Crippen LogP contribution in [0.5, 0.6) is 5.75 Å². The first-order chi connectivity index (χ1) is 13.0. The number of hydrogen-bond donors (Lipinski definition) is 1. The molecular formula is C19H26Cl2N4O3. The number of aryl methyl sites for hydroxylation is 2. The summed E-state index contributed by atoms with van der Waals surface area (Å²) in [6.45, 7) is 6.94. The molecule has 0 unspecified atom stereocenters. The molecule has 3 rings (SSSR count). The van der Waals surface area contributed by atoms with Crippen molar-refractivity contribution in [2.75, 3.05) is 44.7 Å². The molecule has 1 aliphatic heterocycles. The highest BCUT2D eigenvalue weighted by molar-refractivity contribution is 6.30. The summed E-state index contributed by atoms with van der Waals surface area (Å²) in [5, 5.41) is 0.668. The van der Waals surface area contributed by atoms with Gasteiger partial charge in [0.25, 0.3) is 5.56 Å². The first-order valence-corrected chi connectivity index (χ1v) is 9.47. The van der Waals surface area contributed by atoms with Gasteiger partial charge in [-0.2, -0.15) is 0 Å². The predicted molar refractivity (Wildman–Crippen MR) is 115 cm³/mol. The molecule has 0 aliphatic carbocycles. The van der Waals surface area contributed by atoms with Crippen LogP contribution in [-0.4, -0.2) is 54.3 Å². The molecule has 0 atom stereocenters. The van der Waals surface area contributed by atoms with Gasteiger partial charge in [-0.3, -0.25) is 14.7 Å². The summed E-state index contributed by atoms with van der Waals surface area (Å²) < 4.78 is 7.03. The van der Waals surface area contributed by atoms with Gasteiger partial charge >= 0.3 is 5.69 Å². The van der Waals surface area contributed by atoms with Crippen molar-refractivity contribution in [3.05, 3.63) is 55.8 Å². The maximum absolute atomic E-state index is 11.8. The van der Waals surface area contributed by atoms with E-state index in [1.807, 2.05) is 18.2 Å². The molecule has 0 spiro atoms. The number of ether oxygens (including phenoxy) is 1. The van der Waals surface area contributed by atoms with E-state index in [9.17, 15) is 9.59 Å². The second kappa shape index (κ2) is 10.0. The number of H-pyrrole nitrogens is 1. The van der Waals surface area contributed by atoms with E-state index in [4.69, 9.17) is 16.3 Å². The summed E-state index contributed by atoms with van der Waals surface area (Å²) >= 11 is 6.04. The van der Waals surface area contributed by atoms with Crippen molar-refractivity contribution >= 4 is 29.7 Å². The molecule has 1 aromatic carbocycles. The summed E-state index contributed by atoms with van der Waals surface area (Å²) in [6, 6.07) is 5.73. The first-order valence-electron chi connectivity index (χ1n) is 9.09. The number of nitrogens with zero attached hydrogens (tertiary/aromatic N) is 3. The molecule has 7 nitrogen and oxygen atoms in total. The van der Waals surface area contributed by atoms with Gasteiger partial charge in [0.2, 0.25) is 0 Å². The average Bonchev–Trinajstić information content (AvgIpc) is 2.66. The highest BCUT2D eigenvalue weighted by Crippen LogP contribution is 2.31. The lowest BCUT2D eigenvalue weighted by molar-refractivity contribution is 0.249. The molecule has 0 saturated carbocycles. The second-order valence-corrected chi connectivity index (χ2v) is 7.20. The van der Waals surface area contributed by atoms with Crippen LogP contribution in [0.3, 0.4) is 0 Å². The zero-order valence-corrected chi connectivity index (χ0v) is 17.7. The zero-order valence-electron chi connectivity index (χ0n) is 16.1. The fourth-order valence-corrected chi connectivity index (χ4v) is 3.54. The maximum atomic E-state index is 11.8. The Bertz CT molecular complexity index is 905. The number of halogens is 2. The van der Waals surface area contributed by atoms with Crippen molar-refractivity contribution in [1.82, 2.24) is 14.5 Å². The number of anilines is 1. The van der Waals surface area contributed by atoms with E-state index in [1.54, 1.807) is 24.8 Å². The zero-order chi connectivity index (χ0) is 19.4. The molecule has 1 N–H and O–H groups in total. The smallest absolute Gasteiger partial charge is 0.328 e. The van der Waals surface area contributed by atoms with Gasteiger partial charge in [-0.1, -0.05) is 11.6 Å². The molecule has 1 aliphatic rings. The summed E-state index contributed by atoms with van der Waals surface area (Å²) in [5.41, 5.74) is 0.965. The van der Waals surface area contributed by atoms with Crippen LogP contribution in [0.15, 0.2) is 34.0 Å². The second-order valence-electron chi connectivity index (χ2n) is 6.76. The number of hydrogen-bond acceptors (Lipinski definition) is 5. The third-order valence-corrected chi connectivity index (χ3v) is 5.15. The molecule has 9 heteroatoms. The number of aromatic amines is 1. The largest absolute Gasteiger partial charge is 0.495 e. The third-order valence-electron chi connectivity index (χ3n) is 4.92. The Balaban J connectivity index is 0.00000280. The van der Waals surface area contributed by atoms with E-state index in [2.05, 4.69) is 14.8 Å². The lowest BCUT2D eigenvalue weighted by atomic mass is 10.2. The topological polar surface area (TPSA) is 70.6 Å². The van der Waals surface area contributed by atoms with Crippen LogP contribution in [-0.2, 0) is 6.54 Å². The number of aromatic nitrogens is 2. The van der Waals surface area contributed by atoms with Crippen molar-refractivity contribution in [2.24, 2.45) is 0 Å². The number of benzene rings is 1. The molecule has 28 heavy (non-hydrogen) atoms. The van der Waals surface area contributed by atoms with Gasteiger partial charge in [-0.15, -0.1) is 12.4 Å². The van der Waals surface area contributed by atoms with E-state index in [1.165, 1.54) is 0 Å². The molecule has 0 amide bonds. The number of rotatable bonds is 6. The molecule has 1 fully saturated rings. The molecule has 2 heterocycles. The standard InChI is InChI=1S/C19H25ClN4O3.ClH/c1-14-13-24(19(26)21-18(14)25)7-3-6-22-8-10-23(11-9-22)16-5-4-15(20)12-17(16)27-2;/h4-5,12-13H,3,6-11H2,1-2H3,(H,21,25,26);1H. The Labute approximate surface area is 175 Å². The van der Waals surface area contributed by atoms with Gasteiger partial charge in [-0.25, -0.2) is 4.79 Å². The monoisotopic (exact) mass is 428 g/mol. The van der Waals surface area contributed by atoms with Crippen molar-refractivity contribution in [1.29, 1.82) is 0 Å². The Kier molecular flexibility index (Phi) is 7.98. The first kappa shape index (κ1) is 22.3. The van der Waals surface area contributed by atoms with Crippen LogP contribution >= 0.6 is 24.0 Å². The quantitative estimate of drug-likeness (QED) is 0.762. The summed E-state index contributed by atoms with van der Waals surface area (Å²) in [7, 11) is 1.66. The number of nitrogens with one attached hydrogen (secondary N) is 1. The average molecular weight is 429 g/mol. The van der Waals surface area contributed by atoms with Crippen LogP contribution in [0.25, 0.3) is 0 Å². The van der Waals surface area contributed by atoms with Gasteiger partial charge < -0.3 is 14.2 Å². The van der Waals surface area contributed by atoms with Gasteiger partial charge in [0.05, 0.1) is 12.8 Å². The van der Waals surface area contributed by atoms with Crippen LogP contribution in [0.2, 0.25) is 5.02 Å². The molecule has 1 aromatic heterocycles. The maximum Gasteiger partial charge on any atom is 0.328 e. The molecular weight excluding hydrogens is 403 g/mol. The SMILES string of the molecule is COc1cc(Cl)ccc1N1CCN(CCCn2cc(C)c(=O)[nH]c2=O)CC1.Cl. The van der Waals surface area contributed by atoms with Crippen LogP contribution in [0.4, 0.5) is 5.69 Å². The number of piperazine rings is 1. The van der Waals surface area contributed by atoms with E-state index in [0.717, 1.165) is 50.6 Å². The van der Waals surface area contributed by atoms with Crippen LogP contribution in [0.1, 0.15) is 12.0 Å². The molecule has 0 bridgehead atoms. The van der Waals surface area contributed by atoms with Crippen LogP contribution in [0, 0.1) is 6.92 Å². The van der Waals surface area contributed by atoms with Crippen molar-refractivity contribution in [3.63, 3.8) is 0 Å². The van der Waals surface area contributed by atoms with Gasteiger partial charge in [-0.05, 0) is 32.0 Å². The summed E-state index contributed by atoms with van der Waals surface area (Å²) in [4.78, 5) is 30.3. The normalized spacial score (nSPS) is 14.6. The van der Waals surface area contributed by atoms with Crippen molar-refractivity contribution in [3.8, 4) is 5.75 Å². The fraction of sp³-hybridized carbons (Fsp3) is 0.474. The minimum absolute atomic E-state index is 0. The summed E-state index contributed by atoms with van der Waals surface area (Å²) in [5.74, 6) is 0.795. The minimum atomic E-state index is -0.342. The van der Waals surface area contributed by atoms with E-state index in [-0.39, 0.29) is 23.7 Å². The molecule has 1 saturated heterocycles. The highest BCUT2D eigenvalue weighted by Gasteiger charge is 2.19. The minimum Gasteiger partial charge on any atom is -0.495 e. The predicted octanol–water partition coefficient (Wildman–Crippen LogP) is 2.14. The van der Waals surface area contributed by atoms with Gasteiger partial charge in [0.15, 0.2) is 0 Å². The summed E-state index contributed by atoms with van der Waals surface area (Å²) in [6.07, 6.45) is 2.49. The Morgan fingerprint density at radius 3 is 2.54 bits per heavy atom. The van der Waals surface area contributed by atoms with Crippen molar-refractivity contribution in [2.45, 2.75) is 19.9 Å². The van der Waals surface area contributed by atoms with E-state index < -0.39 is 0 Å². The number of methoxy groups -OCH3 is 1. The lowest BCUT2D eigenvalue weighted by Gasteiger charge is -2.36. The van der Waals surface area contributed by atoms with Crippen molar-refractivity contribution < 1.29 is 4.74 Å². The Morgan fingerprint density at radius 2 is 1.86 bits per heavy atom.